The van der Waals surface area contributed by atoms with Gasteiger partial charge in [0, 0.05) is 5.56 Å². The second kappa shape index (κ2) is 8.01. The van der Waals surface area contributed by atoms with Gasteiger partial charge < -0.3 is 15.2 Å². The predicted octanol–water partition coefficient (Wildman–Crippen LogP) is 4.53. The SMILES string of the molecule is Cc1c(N)nc(Br)c(OCc2ccccc2)c1C(=O)Oc1ccccc1. The molecular formula is C20H17BrN2O3. The largest absolute Gasteiger partial charge is 0.485 e. The summed E-state index contributed by atoms with van der Waals surface area (Å²) in [5.41, 5.74) is 7.66. The topological polar surface area (TPSA) is 74.4 Å². The number of benzene rings is 2. The van der Waals surface area contributed by atoms with Crippen LogP contribution < -0.4 is 15.2 Å². The van der Waals surface area contributed by atoms with Gasteiger partial charge in [-0.25, -0.2) is 9.78 Å². The highest BCUT2D eigenvalue weighted by Crippen LogP contribution is 2.34. The Morgan fingerprint density at radius 1 is 1.08 bits per heavy atom. The molecule has 1 heterocycles. The van der Waals surface area contributed by atoms with Crippen molar-refractivity contribution in [2.24, 2.45) is 0 Å². The number of hydrogen-bond donors (Lipinski definition) is 1. The van der Waals surface area contributed by atoms with Crippen LogP contribution in [0.5, 0.6) is 11.5 Å². The van der Waals surface area contributed by atoms with Crippen molar-refractivity contribution in [1.82, 2.24) is 4.98 Å². The summed E-state index contributed by atoms with van der Waals surface area (Å²) < 4.78 is 11.7. The van der Waals surface area contributed by atoms with E-state index in [0.717, 1.165) is 5.56 Å². The Kier molecular flexibility index (Phi) is 5.53. The summed E-state index contributed by atoms with van der Waals surface area (Å²) in [5, 5.41) is 0. The summed E-state index contributed by atoms with van der Waals surface area (Å²) in [5.74, 6) is 0.439. The minimum absolute atomic E-state index is 0.240. The van der Waals surface area contributed by atoms with Crippen molar-refractivity contribution in [1.29, 1.82) is 0 Å². The maximum atomic E-state index is 12.8. The quantitative estimate of drug-likeness (QED) is 0.378. The number of ether oxygens (including phenoxy) is 2. The predicted molar refractivity (Wildman–Crippen MR) is 103 cm³/mol. The van der Waals surface area contributed by atoms with Crippen molar-refractivity contribution < 1.29 is 14.3 Å². The van der Waals surface area contributed by atoms with Crippen molar-refractivity contribution in [2.45, 2.75) is 13.5 Å². The molecular weight excluding hydrogens is 396 g/mol. The molecule has 0 radical (unpaired) electrons. The molecule has 0 unspecified atom stereocenters. The molecule has 2 N–H and O–H groups in total. The fourth-order valence-corrected chi connectivity index (χ4v) is 2.90. The van der Waals surface area contributed by atoms with Crippen LogP contribution in [0, 0.1) is 6.92 Å². The molecule has 0 aliphatic rings. The van der Waals surface area contributed by atoms with Crippen molar-refractivity contribution in [2.75, 3.05) is 5.73 Å². The summed E-state index contributed by atoms with van der Waals surface area (Å²) in [7, 11) is 0. The number of anilines is 1. The summed E-state index contributed by atoms with van der Waals surface area (Å²) in [6.07, 6.45) is 0. The summed E-state index contributed by atoms with van der Waals surface area (Å²) >= 11 is 3.34. The van der Waals surface area contributed by atoms with Gasteiger partial charge in [-0.05, 0) is 40.5 Å². The molecule has 0 saturated carbocycles. The minimum atomic E-state index is -0.549. The molecule has 2 aromatic carbocycles. The minimum Gasteiger partial charge on any atom is -0.485 e. The highest BCUT2D eigenvalue weighted by molar-refractivity contribution is 9.10. The van der Waals surface area contributed by atoms with Crippen LogP contribution in [0.3, 0.4) is 0 Å². The molecule has 26 heavy (non-hydrogen) atoms. The molecule has 5 nitrogen and oxygen atoms in total. The molecule has 3 aromatic rings. The van der Waals surface area contributed by atoms with Crippen LogP contribution in [0.1, 0.15) is 21.5 Å². The number of para-hydroxylation sites is 1. The Bertz CT molecular complexity index is 915. The lowest BCUT2D eigenvalue weighted by Crippen LogP contribution is -2.15. The first-order valence-electron chi connectivity index (χ1n) is 7.95. The Labute approximate surface area is 159 Å². The van der Waals surface area contributed by atoms with Crippen molar-refractivity contribution in [3.8, 4) is 11.5 Å². The molecule has 1 aromatic heterocycles. The van der Waals surface area contributed by atoms with Crippen molar-refractivity contribution in [3.05, 3.63) is 82.0 Å². The second-order valence-electron chi connectivity index (χ2n) is 5.59. The Balaban J connectivity index is 1.93. The zero-order valence-electron chi connectivity index (χ0n) is 14.1. The molecule has 0 aliphatic carbocycles. The van der Waals surface area contributed by atoms with E-state index in [4.69, 9.17) is 15.2 Å². The van der Waals surface area contributed by atoms with Gasteiger partial charge in [0.15, 0.2) is 10.4 Å². The number of esters is 1. The summed E-state index contributed by atoms with van der Waals surface area (Å²) in [6, 6.07) is 18.5. The molecule has 0 atom stereocenters. The van der Waals surface area contributed by atoms with E-state index in [-0.39, 0.29) is 18.0 Å². The van der Waals surface area contributed by atoms with Crippen LogP contribution in [0.2, 0.25) is 0 Å². The van der Waals surface area contributed by atoms with Crippen molar-refractivity contribution >= 4 is 27.7 Å². The van der Waals surface area contributed by atoms with Crippen molar-refractivity contribution in [3.63, 3.8) is 0 Å². The van der Waals surface area contributed by atoms with E-state index in [1.54, 1.807) is 31.2 Å². The van der Waals surface area contributed by atoms with E-state index < -0.39 is 5.97 Å². The van der Waals surface area contributed by atoms with Crippen LogP contribution in [0.25, 0.3) is 0 Å². The van der Waals surface area contributed by atoms with E-state index in [1.165, 1.54) is 0 Å². The number of carbonyl (C=O) groups is 1. The van der Waals surface area contributed by atoms with Gasteiger partial charge >= 0.3 is 5.97 Å². The third-order valence-electron chi connectivity index (χ3n) is 3.78. The fraction of sp³-hybridized carbons (Fsp3) is 0.100. The maximum Gasteiger partial charge on any atom is 0.347 e. The highest BCUT2D eigenvalue weighted by atomic mass is 79.9. The number of nitrogens with two attached hydrogens (primary N) is 1. The molecule has 0 saturated heterocycles. The number of nitrogen functional groups attached to an aromatic ring is 1. The number of rotatable bonds is 5. The first-order chi connectivity index (χ1) is 12.6. The molecule has 3 rings (SSSR count). The average Bonchev–Trinajstić information content (AvgIpc) is 2.65. The van der Waals surface area contributed by atoms with Crippen LogP contribution in [-0.4, -0.2) is 11.0 Å². The number of hydrogen-bond acceptors (Lipinski definition) is 5. The van der Waals surface area contributed by atoms with E-state index in [1.807, 2.05) is 36.4 Å². The van der Waals surface area contributed by atoms with Gasteiger partial charge in [-0.15, -0.1) is 0 Å². The van der Waals surface area contributed by atoms with E-state index >= 15 is 0 Å². The monoisotopic (exact) mass is 412 g/mol. The van der Waals surface area contributed by atoms with Gasteiger partial charge in [0.1, 0.15) is 23.7 Å². The standard InChI is InChI=1S/C20H17BrN2O3/c1-13-16(20(24)26-15-10-6-3-7-11-15)17(18(21)23-19(13)22)25-12-14-8-4-2-5-9-14/h2-11H,12H2,1H3,(H2,22,23). The van der Waals surface area contributed by atoms with Crippen LogP contribution in [0.4, 0.5) is 5.82 Å². The first kappa shape index (κ1) is 17.9. The third-order valence-corrected chi connectivity index (χ3v) is 4.31. The maximum absolute atomic E-state index is 12.8. The lowest BCUT2D eigenvalue weighted by atomic mass is 10.1. The summed E-state index contributed by atoms with van der Waals surface area (Å²) in [6.45, 7) is 2.00. The van der Waals surface area contributed by atoms with Gasteiger partial charge in [-0.1, -0.05) is 48.5 Å². The smallest absolute Gasteiger partial charge is 0.347 e. The Morgan fingerprint density at radius 2 is 1.69 bits per heavy atom. The van der Waals surface area contributed by atoms with Gasteiger partial charge in [-0.3, -0.25) is 0 Å². The lowest BCUT2D eigenvalue weighted by Gasteiger charge is -2.16. The molecule has 0 fully saturated rings. The van der Waals surface area contributed by atoms with Crippen LogP contribution in [0.15, 0.2) is 65.3 Å². The normalized spacial score (nSPS) is 10.4. The Morgan fingerprint density at radius 3 is 2.35 bits per heavy atom. The summed E-state index contributed by atoms with van der Waals surface area (Å²) in [4.78, 5) is 17.0. The highest BCUT2D eigenvalue weighted by Gasteiger charge is 2.24. The molecule has 132 valence electrons. The Hall–Kier alpha value is -2.86. The van der Waals surface area contributed by atoms with Gasteiger partial charge in [0.25, 0.3) is 0 Å². The number of carbonyl (C=O) groups excluding carboxylic acids is 1. The number of pyridine rings is 1. The lowest BCUT2D eigenvalue weighted by molar-refractivity contribution is 0.0728. The molecule has 0 bridgehead atoms. The zero-order valence-corrected chi connectivity index (χ0v) is 15.7. The number of nitrogens with zero attached hydrogens (tertiary/aromatic N) is 1. The van der Waals surface area contributed by atoms with Gasteiger partial charge in [0.2, 0.25) is 0 Å². The fourth-order valence-electron chi connectivity index (χ4n) is 2.40. The van der Waals surface area contributed by atoms with Crippen LogP contribution >= 0.6 is 15.9 Å². The van der Waals surface area contributed by atoms with E-state index in [2.05, 4.69) is 20.9 Å². The van der Waals surface area contributed by atoms with Crippen LogP contribution in [-0.2, 0) is 6.61 Å². The molecule has 6 heteroatoms. The molecule has 0 amide bonds. The number of aromatic nitrogens is 1. The third kappa shape index (κ3) is 4.03. The molecule has 0 aliphatic heterocycles. The average molecular weight is 413 g/mol. The van der Waals surface area contributed by atoms with E-state index in [9.17, 15) is 4.79 Å². The zero-order chi connectivity index (χ0) is 18.5. The number of halogens is 1. The van der Waals surface area contributed by atoms with Gasteiger partial charge in [-0.2, -0.15) is 0 Å². The second-order valence-corrected chi connectivity index (χ2v) is 6.34. The first-order valence-corrected chi connectivity index (χ1v) is 8.75. The van der Waals surface area contributed by atoms with E-state index in [0.29, 0.717) is 21.7 Å². The molecule has 0 spiro atoms. The van der Waals surface area contributed by atoms with Gasteiger partial charge in [0.05, 0.1) is 0 Å².